The lowest BCUT2D eigenvalue weighted by molar-refractivity contribution is -0.119. The first-order valence-electron chi connectivity index (χ1n) is 11.2. The molecule has 10 heteroatoms. The SMILES string of the molecule is CC(=O)Nc1ccc(NC(=O)C(C)n2cnc3sc(C(=O)Nc4ccccc4C)c(C)c3c2=O)cc1. The number of aryl methyl sites for hydroxylation is 2. The first kappa shape index (κ1) is 24.8. The molecule has 0 fully saturated rings. The number of amides is 3. The van der Waals surface area contributed by atoms with Crippen molar-refractivity contribution < 1.29 is 14.4 Å². The first-order chi connectivity index (χ1) is 17.2. The number of para-hydroxylation sites is 1. The van der Waals surface area contributed by atoms with Crippen molar-refractivity contribution in [2.24, 2.45) is 0 Å². The molecule has 36 heavy (non-hydrogen) atoms. The van der Waals surface area contributed by atoms with Gasteiger partial charge in [-0.25, -0.2) is 4.98 Å². The van der Waals surface area contributed by atoms with Crippen molar-refractivity contribution >= 4 is 56.3 Å². The molecule has 0 aliphatic heterocycles. The van der Waals surface area contributed by atoms with Gasteiger partial charge in [-0.05, 0) is 62.2 Å². The fourth-order valence-electron chi connectivity index (χ4n) is 3.74. The van der Waals surface area contributed by atoms with Crippen LogP contribution in [-0.2, 0) is 9.59 Å². The minimum atomic E-state index is -0.854. The molecule has 184 valence electrons. The molecule has 2 heterocycles. The van der Waals surface area contributed by atoms with E-state index < -0.39 is 17.5 Å². The monoisotopic (exact) mass is 503 g/mol. The summed E-state index contributed by atoms with van der Waals surface area (Å²) in [5.74, 6) is -0.914. The zero-order chi connectivity index (χ0) is 26.0. The van der Waals surface area contributed by atoms with Crippen LogP contribution in [0.5, 0.6) is 0 Å². The number of nitrogens with one attached hydrogen (secondary N) is 3. The summed E-state index contributed by atoms with van der Waals surface area (Å²) >= 11 is 1.14. The maximum Gasteiger partial charge on any atom is 0.266 e. The third kappa shape index (κ3) is 5.03. The van der Waals surface area contributed by atoms with E-state index in [1.807, 2.05) is 31.2 Å². The number of carbonyl (C=O) groups excluding carboxylic acids is 3. The molecule has 2 aromatic carbocycles. The summed E-state index contributed by atoms with van der Waals surface area (Å²) in [5.41, 5.74) is 2.87. The van der Waals surface area contributed by atoms with Crippen LogP contribution in [-0.4, -0.2) is 27.3 Å². The van der Waals surface area contributed by atoms with Crippen molar-refractivity contribution in [1.82, 2.24) is 9.55 Å². The largest absolute Gasteiger partial charge is 0.326 e. The third-order valence-corrected chi connectivity index (χ3v) is 6.94. The van der Waals surface area contributed by atoms with E-state index in [4.69, 9.17) is 0 Å². The summed E-state index contributed by atoms with van der Waals surface area (Å²) in [7, 11) is 0. The number of benzene rings is 2. The zero-order valence-electron chi connectivity index (χ0n) is 20.2. The lowest BCUT2D eigenvalue weighted by Gasteiger charge is -2.15. The topological polar surface area (TPSA) is 122 Å². The molecule has 0 aliphatic carbocycles. The second-order valence-electron chi connectivity index (χ2n) is 8.39. The smallest absolute Gasteiger partial charge is 0.266 e. The van der Waals surface area contributed by atoms with E-state index in [0.717, 1.165) is 16.9 Å². The van der Waals surface area contributed by atoms with Crippen LogP contribution in [0, 0.1) is 13.8 Å². The molecule has 3 amide bonds. The van der Waals surface area contributed by atoms with Crippen LogP contribution in [0.4, 0.5) is 17.1 Å². The van der Waals surface area contributed by atoms with Gasteiger partial charge in [0.25, 0.3) is 11.5 Å². The van der Waals surface area contributed by atoms with E-state index in [2.05, 4.69) is 20.9 Å². The summed E-state index contributed by atoms with van der Waals surface area (Å²) in [5, 5.41) is 8.63. The zero-order valence-corrected chi connectivity index (χ0v) is 21.0. The predicted molar refractivity (Wildman–Crippen MR) is 142 cm³/mol. The molecular weight excluding hydrogens is 478 g/mol. The van der Waals surface area contributed by atoms with Crippen LogP contribution in [0.25, 0.3) is 10.2 Å². The van der Waals surface area contributed by atoms with Crippen LogP contribution < -0.4 is 21.5 Å². The summed E-state index contributed by atoms with van der Waals surface area (Å²) in [4.78, 5) is 55.5. The van der Waals surface area contributed by atoms with E-state index in [1.54, 1.807) is 38.1 Å². The van der Waals surface area contributed by atoms with Gasteiger partial charge in [0.2, 0.25) is 11.8 Å². The summed E-state index contributed by atoms with van der Waals surface area (Å²) < 4.78 is 1.26. The van der Waals surface area contributed by atoms with Gasteiger partial charge in [0.1, 0.15) is 10.9 Å². The lowest BCUT2D eigenvalue weighted by Crippen LogP contribution is -2.31. The molecule has 1 unspecified atom stereocenters. The predicted octanol–water partition coefficient (Wildman–Crippen LogP) is 4.49. The molecule has 0 saturated carbocycles. The number of anilines is 3. The number of rotatable bonds is 6. The Balaban J connectivity index is 1.57. The fourth-order valence-corrected chi connectivity index (χ4v) is 4.77. The standard InChI is InChI=1S/C26H25N5O4S/c1-14-7-5-6-8-20(14)30-24(34)22-15(2)21-25(36-22)27-13-31(26(21)35)16(3)23(33)29-19-11-9-18(10-12-19)28-17(4)32/h5-13,16H,1-4H3,(H,28,32)(H,29,33)(H,30,34). The summed E-state index contributed by atoms with van der Waals surface area (Å²) in [6.45, 7) is 6.62. The highest BCUT2D eigenvalue weighted by atomic mass is 32.1. The molecule has 4 rings (SSSR count). The van der Waals surface area contributed by atoms with Crippen molar-refractivity contribution in [2.75, 3.05) is 16.0 Å². The number of carbonyl (C=O) groups is 3. The number of hydrogen-bond acceptors (Lipinski definition) is 6. The van der Waals surface area contributed by atoms with Crippen LogP contribution in [0.1, 0.15) is 40.7 Å². The Morgan fingerprint density at radius 1 is 0.944 bits per heavy atom. The van der Waals surface area contributed by atoms with Crippen molar-refractivity contribution in [2.45, 2.75) is 33.7 Å². The van der Waals surface area contributed by atoms with Crippen molar-refractivity contribution in [1.29, 1.82) is 0 Å². The van der Waals surface area contributed by atoms with Crippen molar-refractivity contribution in [3.05, 3.63) is 81.2 Å². The van der Waals surface area contributed by atoms with Gasteiger partial charge in [0.05, 0.1) is 16.6 Å². The highest BCUT2D eigenvalue weighted by Crippen LogP contribution is 2.28. The first-order valence-corrected chi connectivity index (χ1v) is 12.0. The number of hydrogen-bond donors (Lipinski definition) is 3. The lowest BCUT2D eigenvalue weighted by atomic mass is 10.1. The molecule has 2 aromatic heterocycles. The van der Waals surface area contributed by atoms with Gasteiger partial charge in [0, 0.05) is 24.0 Å². The molecule has 0 saturated heterocycles. The Bertz CT molecular complexity index is 1540. The molecule has 9 nitrogen and oxygen atoms in total. The average molecular weight is 504 g/mol. The Kier molecular flexibility index (Phi) is 6.98. The Morgan fingerprint density at radius 3 is 2.22 bits per heavy atom. The van der Waals surface area contributed by atoms with Gasteiger partial charge < -0.3 is 16.0 Å². The number of aromatic nitrogens is 2. The van der Waals surface area contributed by atoms with E-state index >= 15 is 0 Å². The van der Waals surface area contributed by atoms with Gasteiger partial charge >= 0.3 is 0 Å². The maximum atomic E-state index is 13.3. The Labute approximate surface area is 211 Å². The van der Waals surface area contributed by atoms with Gasteiger partial charge in [-0.2, -0.15) is 0 Å². The molecular formula is C26H25N5O4S. The van der Waals surface area contributed by atoms with Crippen LogP contribution in [0.15, 0.2) is 59.7 Å². The molecule has 0 radical (unpaired) electrons. The van der Waals surface area contributed by atoms with Gasteiger partial charge in [-0.3, -0.25) is 23.7 Å². The van der Waals surface area contributed by atoms with E-state index in [1.165, 1.54) is 17.8 Å². The van der Waals surface area contributed by atoms with Crippen molar-refractivity contribution in [3.63, 3.8) is 0 Å². The normalized spacial score (nSPS) is 11.7. The number of fused-ring (bicyclic) bond motifs is 1. The fraction of sp³-hybridized carbons (Fsp3) is 0.192. The number of nitrogens with zero attached hydrogens (tertiary/aromatic N) is 2. The van der Waals surface area contributed by atoms with Gasteiger partial charge in [-0.1, -0.05) is 18.2 Å². The second-order valence-corrected chi connectivity index (χ2v) is 9.39. The maximum absolute atomic E-state index is 13.3. The molecule has 4 aromatic rings. The Hall–Kier alpha value is -4.31. The molecule has 0 spiro atoms. The second kappa shape index (κ2) is 10.1. The summed E-state index contributed by atoms with van der Waals surface area (Å²) in [6, 6.07) is 13.2. The van der Waals surface area contributed by atoms with E-state index in [0.29, 0.717) is 37.7 Å². The third-order valence-electron chi connectivity index (χ3n) is 5.74. The van der Waals surface area contributed by atoms with Crippen LogP contribution >= 0.6 is 11.3 Å². The van der Waals surface area contributed by atoms with Crippen LogP contribution in [0.2, 0.25) is 0 Å². The minimum Gasteiger partial charge on any atom is -0.326 e. The van der Waals surface area contributed by atoms with E-state index in [9.17, 15) is 19.2 Å². The summed E-state index contributed by atoms with van der Waals surface area (Å²) in [6.07, 6.45) is 1.33. The molecule has 0 aliphatic rings. The van der Waals surface area contributed by atoms with E-state index in [-0.39, 0.29) is 11.8 Å². The average Bonchev–Trinajstić information content (AvgIpc) is 3.18. The molecule has 0 bridgehead atoms. The molecule has 1 atom stereocenters. The van der Waals surface area contributed by atoms with Crippen molar-refractivity contribution in [3.8, 4) is 0 Å². The minimum absolute atomic E-state index is 0.192. The van der Waals surface area contributed by atoms with Crippen LogP contribution in [0.3, 0.4) is 0 Å². The highest BCUT2D eigenvalue weighted by Gasteiger charge is 2.23. The quantitative estimate of drug-likeness (QED) is 0.358. The van der Waals surface area contributed by atoms with Gasteiger partial charge in [0.15, 0.2) is 0 Å². The highest BCUT2D eigenvalue weighted by molar-refractivity contribution is 7.20. The van der Waals surface area contributed by atoms with Gasteiger partial charge in [-0.15, -0.1) is 11.3 Å². The Morgan fingerprint density at radius 2 is 1.58 bits per heavy atom. The number of thiophene rings is 1. The molecule has 3 N–H and O–H groups in total.